The van der Waals surface area contributed by atoms with Gasteiger partial charge in [-0.05, 0) is 76.8 Å². The summed E-state index contributed by atoms with van der Waals surface area (Å²) in [6.07, 6.45) is 4.45. The third kappa shape index (κ3) is 5.55. The standard InChI is InChI=1S/C17H35NO2S/c1-7-18-13-15-8-10-17(5,6)12-14(15)9-11-21(19,20)16(2,3)4/h14-15,18H,7-13H2,1-6H3. The Morgan fingerprint density at radius 3 is 2.33 bits per heavy atom. The van der Waals surface area contributed by atoms with Crippen LogP contribution in [0.2, 0.25) is 0 Å². The quantitative estimate of drug-likeness (QED) is 0.813. The van der Waals surface area contributed by atoms with Crippen LogP contribution < -0.4 is 5.32 Å². The Morgan fingerprint density at radius 2 is 1.81 bits per heavy atom. The SMILES string of the molecule is CCNCC1CCC(C)(C)CC1CCS(=O)(=O)C(C)(C)C. The molecule has 4 heteroatoms. The van der Waals surface area contributed by atoms with Crippen LogP contribution in [0.25, 0.3) is 0 Å². The second-order valence-corrected chi connectivity index (χ2v) is 11.3. The topological polar surface area (TPSA) is 46.2 Å². The van der Waals surface area contributed by atoms with Crippen molar-refractivity contribution in [2.24, 2.45) is 17.3 Å². The Morgan fingerprint density at radius 1 is 1.19 bits per heavy atom. The zero-order chi connectivity index (χ0) is 16.3. The van der Waals surface area contributed by atoms with E-state index in [1.807, 2.05) is 20.8 Å². The zero-order valence-electron chi connectivity index (χ0n) is 14.8. The van der Waals surface area contributed by atoms with E-state index < -0.39 is 14.6 Å². The van der Waals surface area contributed by atoms with Crippen molar-refractivity contribution in [3.05, 3.63) is 0 Å². The Labute approximate surface area is 132 Å². The molecule has 0 saturated heterocycles. The molecule has 126 valence electrons. The molecule has 2 atom stereocenters. The molecule has 1 aliphatic rings. The molecule has 1 N–H and O–H groups in total. The molecular weight excluding hydrogens is 282 g/mol. The molecule has 1 aliphatic carbocycles. The molecule has 0 amide bonds. The lowest BCUT2D eigenvalue weighted by molar-refractivity contribution is 0.114. The van der Waals surface area contributed by atoms with Crippen LogP contribution in [0, 0.1) is 17.3 Å². The first kappa shape index (κ1) is 19.0. The smallest absolute Gasteiger partial charge is 0.155 e. The monoisotopic (exact) mass is 317 g/mol. The zero-order valence-corrected chi connectivity index (χ0v) is 15.6. The van der Waals surface area contributed by atoms with Crippen LogP contribution in [-0.4, -0.2) is 32.0 Å². The van der Waals surface area contributed by atoms with Gasteiger partial charge in [0.2, 0.25) is 0 Å². The van der Waals surface area contributed by atoms with Crippen molar-refractivity contribution < 1.29 is 8.42 Å². The number of hydrogen-bond donors (Lipinski definition) is 1. The van der Waals surface area contributed by atoms with E-state index in [2.05, 4.69) is 26.1 Å². The highest BCUT2D eigenvalue weighted by Crippen LogP contribution is 2.43. The van der Waals surface area contributed by atoms with Crippen molar-refractivity contribution >= 4 is 9.84 Å². The van der Waals surface area contributed by atoms with Crippen LogP contribution in [0.3, 0.4) is 0 Å². The summed E-state index contributed by atoms with van der Waals surface area (Å²) in [7, 11) is -3.00. The summed E-state index contributed by atoms with van der Waals surface area (Å²) >= 11 is 0. The molecule has 1 saturated carbocycles. The lowest BCUT2D eigenvalue weighted by Gasteiger charge is -2.41. The second-order valence-electron chi connectivity index (χ2n) is 8.45. The number of nitrogens with one attached hydrogen (secondary N) is 1. The maximum Gasteiger partial charge on any atom is 0.155 e. The van der Waals surface area contributed by atoms with E-state index in [0.717, 1.165) is 25.9 Å². The van der Waals surface area contributed by atoms with Crippen molar-refractivity contribution in [3.8, 4) is 0 Å². The van der Waals surface area contributed by atoms with Gasteiger partial charge >= 0.3 is 0 Å². The molecule has 0 aromatic heterocycles. The molecule has 3 nitrogen and oxygen atoms in total. The minimum atomic E-state index is -3.00. The summed E-state index contributed by atoms with van der Waals surface area (Å²) in [4.78, 5) is 0. The highest BCUT2D eigenvalue weighted by molar-refractivity contribution is 7.92. The maximum absolute atomic E-state index is 12.4. The fourth-order valence-electron chi connectivity index (χ4n) is 3.34. The van der Waals surface area contributed by atoms with Gasteiger partial charge in [0.05, 0.1) is 10.5 Å². The van der Waals surface area contributed by atoms with Gasteiger partial charge in [-0.2, -0.15) is 0 Å². The molecule has 1 rings (SSSR count). The molecule has 0 radical (unpaired) electrons. The van der Waals surface area contributed by atoms with E-state index in [1.54, 1.807) is 0 Å². The molecule has 0 aromatic rings. The molecular formula is C17H35NO2S. The van der Waals surface area contributed by atoms with Crippen molar-refractivity contribution in [2.75, 3.05) is 18.8 Å². The highest BCUT2D eigenvalue weighted by Gasteiger charge is 2.36. The number of hydrogen-bond acceptors (Lipinski definition) is 3. The lowest BCUT2D eigenvalue weighted by atomic mass is 9.66. The van der Waals surface area contributed by atoms with Crippen LogP contribution in [-0.2, 0) is 9.84 Å². The summed E-state index contributed by atoms with van der Waals surface area (Å²) in [5.74, 6) is 1.50. The van der Waals surface area contributed by atoms with Gasteiger partial charge < -0.3 is 5.32 Å². The minimum Gasteiger partial charge on any atom is -0.317 e. The van der Waals surface area contributed by atoms with Gasteiger partial charge in [0, 0.05) is 0 Å². The first-order valence-corrected chi connectivity index (χ1v) is 10.1. The van der Waals surface area contributed by atoms with Gasteiger partial charge in [0.25, 0.3) is 0 Å². The van der Waals surface area contributed by atoms with E-state index in [1.165, 1.54) is 12.8 Å². The predicted molar refractivity (Wildman–Crippen MR) is 91.3 cm³/mol. The minimum absolute atomic E-state index is 0.333. The van der Waals surface area contributed by atoms with Crippen LogP contribution in [0.1, 0.15) is 67.2 Å². The van der Waals surface area contributed by atoms with Crippen molar-refractivity contribution in [3.63, 3.8) is 0 Å². The molecule has 0 heterocycles. The van der Waals surface area contributed by atoms with E-state index in [0.29, 0.717) is 23.0 Å². The molecule has 0 aliphatic heterocycles. The Balaban J connectivity index is 2.70. The average Bonchev–Trinajstić information content (AvgIpc) is 2.33. The number of sulfone groups is 1. The van der Waals surface area contributed by atoms with Gasteiger partial charge in [-0.15, -0.1) is 0 Å². The highest BCUT2D eigenvalue weighted by atomic mass is 32.2. The summed E-state index contributed by atoms with van der Waals surface area (Å²) in [6, 6.07) is 0. The Bertz CT molecular complexity index is 421. The van der Waals surface area contributed by atoms with Gasteiger partial charge in [0.1, 0.15) is 0 Å². The van der Waals surface area contributed by atoms with Gasteiger partial charge in [0.15, 0.2) is 9.84 Å². The maximum atomic E-state index is 12.4. The molecule has 0 aromatic carbocycles. The van der Waals surface area contributed by atoms with Crippen molar-refractivity contribution in [1.82, 2.24) is 5.32 Å². The first-order valence-electron chi connectivity index (χ1n) is 8.41. The third-order valence-corrected chi connectivity index (χ3v) is 7.66. The number of rotatable bonds is 6. The van der Waals surface area contributed by atoms with Crippen LogP contribution in [0.5, 0.6) is 0 Å². The fourth-order valence-corrected chi connectivity index (χ4v) is 4.56. The van der Waals surface area contributed by atoms with Crippen LogP contribution in [0.4, 0.5) is 0 Å². The van der Waals surface area contributed by atoms with Crippen LogP contribution in [0.15, 0.2) is 0 Å². The summed E-state index contributed by atoms with van der Waals surface area (Å²) in [5.41, 5.74) is 0.360. The summed E-state index contributed by atoms with van der Waals surface area (Å²) in [5, 5.41) is 3.45. The molecule has 1 fully saturated rings. The molecule has 21 heavy (non-hydrogen) atoms. The normalized spacial score (nSPS) is 26.8. The van der Waals surface area contributed by atoms with E-state index in [4.69, 9.17) is 0 Å². The van der Waals surface area contributed by atoms with E-state index >= 15 is 0 Å². The van der Waals surface area contributed by atoms with Gasteiger partial charge in [-0.1, -0.05) is 20.8 Å². The third-order valence-electron chi connectivity index (χ3n) is 5.02. The second kappa shape index (κ2) is 6.99. The van der Waals surface area contributed by atoms with E-state index in [9.17, 15) is 8.42 Å². The Kier molecular flexibility index (Phi) is 6.31. The molecule has 0 spiro atoms. The summed E-state index contributed by atoms with van der Waals surface area (Å²) in [6.45, 7) is 14.2. The predicted octanol–water partition coefficient (Wildman–Crippen LogP) is 3.64. The first-order chi connectivity index (χ1) is 9.48. The van der Waals surface area contributed by atoms with Gasteiger partial charge in [-0.3, -0.25) is 0 Å². The van der Waals surface area contributed by atoms with Crippen LogP contribution >= 0.6 is 0 Å². The lowest BCUT2D eigenvalue weighted by Crippen LogP contribution is -2.38. The van der Waals surface area contributed by atoms with E-state index in [-0.39, 0.29) is 0 Å². The molecule has 0 bridgehead atoms. The fraction of sp³-hybridized carbons (Fsp3) is 1.00. The van der Waals surface area contributed by atoms with Crippen molar-refractivity contribution in [2.45, 2.75) is 72.0 Å². The summed E-state index contributed by atoms with van der Waals surface area (Å²) < 4.78 is 24.1. The molecule has 2 unspecified atom stereocenters. The largest absolute Gasteiger partial charge is 0.317 e. The average molecular weight is 318 g/mol. The van der Waals surface area contributed by atoms with Gasteiger partial charge in [-0.25, -0.2) is 8.42 Å². The van der Waals surface area contributed by atoms with Crippen molar-refractivity contribution in [1.29, 1.82) is 0 Å². The Hall–Kier alpha value is -0.0900.